The molecule has 28 heavy (non-hydrogen) atoms. The summed E-state index contributed by atoms with van der Waals surface area (Å²) in [5.41, 5.74) is 5.23. The van der Waals surface area contributed by atoms with Gasteiger partial charge in [0.1, 0.15) is 8.24 Å². The molecule has 0 amide bonds. The lowest BCUT2D eigenvalue weighted by atomic mass is 9.81. The molecule has 3 aliphatic rings. The predicted molar refractivity (Wildman–Crippen MR) is 124 cm³/mol. The molecule has 3 heteroatoms. The summed E-state index contributed by atoms with van der Waals surface area (Å²) in [7, 11) is -1.53. The molecule has 1 saturated heterocycles. The zero-order valence-corrected chi connectivity index (χ0v) is 19.4. The molecule has 0 aromatic heterocycles. The fourth-order valence-electron chi connectivity index (χ4n) is 6.32. The third kappa shape index (κ3) is 3.57. The fourth-order valence-corrected chi connectivity index (χ4v) is 11.0. The van der Waals surface area contributed by atoms with Crippen molar-refractivity contribution in [2.45, 2.75) is 45.8 Å². The van der Waals surface area contributed by atoms with Crippen molar-refractivity contribution in [3.63, 3.8) is 0 Å². The van der Waals surface area contributed by atoms with Gasteiger partial charge in [-0.15, -0.1) is 0 Å². The second kappa shape index (κ2) is 7.93. The van der Waals surface area contributed by atoms with E-state index in [-0.39, 0.29) is 0 Å². The summed E-state index contributed by atoms with van der Waals surface area (Å²) < 4.78 is 2.91. The van der Waals surface area contributed by atoms with Crippen molar-refractivity contribution in [1.82, 2.24) is 9.88 Å². The van der Waals surface area contributed by atoms with Gasteiger partial charge in [-0.3, -0.25) is 0 Å². The molecule has 1 aromatic carbocycles. The molecule has 4 atom stereocenters. The van der Waals surface area contributed by atoms with Crippen molar-refractivity contribution >= 4 is 13.8 Å². The van der Waals surface area contributed by atoms with Crippen molar-refractivity contribution in [2.75, 3.05) is 26.2 Å². The maximum atomic E-state index is 3.56. The van der Waals surface area contributed by atoms with E-state index < -0.39 is 8.24 Å². The first-order valence-electron chi connectivity index (χ1n) is 11.3. The van der Waals surface area contributed by atoms with Crippen LogP contribution < -0.4 is 5.32 Å². The fraction of sp³-hybridized carbons (Fsp3) is 0.600. The van der Waals surface area contributed by atoms with Gasteiger partial charge in [-0.05, 0) is 53.7 Å². The summed E-state index contributed by atoms with van der Waals surface area (Å²) in [4.78, 5) is 0. The maximum absolute atomic E-state index is 3.56. The predicted octanol–water partition coefficient (Wildman–Crippen LogP) is 5.34. The molecule has 2 fully saturated rings. The molecule has 0 spiro atoms. The van der Waals surface area contributed by atoms with Gasteiger partial charge >= 0.3 is 0 Å². The highest BCUT2D eigenvalue weighted by Crippen LogP contribution is 2.59. The number of benzene rings is 1. The van der Waals surface area contributed by atoms with Crippen LogP contribution in [0.25, 0.3) is 5.57 Å². The zero-order valence-electron chi connectivity index (χ0n) is 18.4. The topological polar surface area (TPSA) is 15.3 Å². The van der Waals surface area contributed by atoms with Gasteiger partial charge < -0.3 is 9.88 Å². The average molecular weight is 395 g/mol. The third-order valence-electron chi connectivity index (χ3n) is 7.86. The van der Waals surface area contributed by atoms with Crippen molar-refractivity contribution in [3.05, 3.63) is 53.6 Å². The molecule has 152 valence electrons. The molecule has 1 heterocycles. The van der Waals surface area contributed by atoms with Gasteiger partial charge in [-0.25, -0.2) is 0 Å². The average Bonchev–Trinajstić information content (AvgIpc) is 3.10. The lowest BCUT2D eigenvalue weighted by molar-refractivity contribution is 0.320. The molecule has 0 bridgehead atoms. The summed E-state index contributed by atoms with van der Waals surface area (Å²) in [5.74, 6) is 3.01. The van der Waals surface area contributed by atoms with E-state index in [0.717, 1.165) is 30.5 Å². The van der Waals surface area contributed by atoms with E-state index in [1.54, 1.807) is 5.57 Å². The van der Waals surface area contributed by atoms with Gasteiger partial charge in [-0.2, -0.15) is 0 Å². The Morgan fingerprint density at radius 1 is 1.07 bits per heavy atom. The first kappa shape index (κ1) is 20.1. The number of hydrogen-bond donors (Lipinski definition) is 1. The maximum Gasteiger partial charge on any atom is 0.126 e. The first-order valence-corrected chi connectivity index (χ1v) is 14.3. The number of rotatable bonds is 4. The Morgan fingerprint density at radius 3 is 2.39 bits per heavy atom. The summed E-state index contributed by atoms with van der Waals surface area (Å²) >= 11 is 0. The highest BCUT2D eigenvalue weighted by Gasteiger charge is 2.54. The second-order valence-corrected chi connectivity index (χ2v) is 14.7. The van der Waals surface area contributed by atoms with E-state index in [9.17, 15) is 0 Å². The molecule has 2 nitrogen and oxygen atoms in total. The largest absolute Gasteiger partial charge is 0.321 e. The van der Waals surface area contributed by atoms with E-state index in [2.05, 4.69) is 86.2 Å². The molecule has 1 aliphatic heterocycles. The van der Waals surface area contributed by atoms with E-state index in [1.807, 2.05) is 0 Å². The van der Waals surface area contributed by atoms with Crippen LogP contribution in [0.3, 0.4) is 0 Å². The Hall–Kier alpha value is -1.16. The van der Waals surface area contributed by atoms with Crippen LogP contribution in [0.4, 0.5) is 0 Å². The number of allylic oxidation sites excluding steroid dienone is 4. The van der Waals surface area contributed by atoms with Gasteiger partial charge in [0.05, 0.1) is 0 Å². The number of fused-ring (bicyclic) bond motifs is 1. The molecule has 4 rings (SSSR count). The zero-order chi connectivity index (χ0) is 19.9. The number of aryl methyl sites for hydroxylation is 1. The van der Waals surface area contributed by atoms with Crippen molar-refractivity contribution in [2.24, 2.45) is 23.7 Å². The van der Waals surface area contributed by atoms with Crippen LogP contribution in [0.15, 0.2) is 42.5 Å². The summed E-state index contributed by atoms with van der Waals surface area (Å²) in [6, 6.07) is 9.23. The summed E-state index contributed by atoms with van der Waals surface area (Å²) in [6.45, 7) is 17.2. The van der Waals surface area contributed by atoms with E-state index in [0.29, 0.717) is 11.8 Å². The lowest BCUT2D eigenvalue weighted by Crippen LogP contribution is -2.60. The van der Waals surface area contributed by atoms with Gasteiger partial charge in [-0.1, -0.05) is 75.0 Å². The minimum absolute atomic E-state index is 0.694. The van der Waals surface area contributed by atoms with Gasteiger partial charge in [0.2, 0.25) is 0 Å². The molecule has 0 radical (unpaired) electrons. The third-order valence-corrected chi connectivity index (χ3v) is 12.4. The first-order chi connectivity index (χ1) is 13.4. The molecule has 1 saturated carbocycles. The number of hydrogen-bond acceptors (Lipinski definition) is 2. The van der Waals surface area contributed by atoms with Gasteiger partial charge in [0, 0.05) is 26.2 Å². The highest BCUT2D eigenvalue weighted by molar-refractivity contribution is 6.76. The van der Waals surface area contributed by atoms with Crippen LogP contribution in [-0.4, -0.2) is 39.0 Å². The minimum atomic E-state index is -1.53. The normalized spacial score (nSPS) is 31.1. The standard InChI is InChI=1S/C25H38N2Si/c1-18(2)23-17-24-21(20-11-9-19(3)10-12-20)7-6-8-22(24)25(23)28(4,5)27-15-13-26-14-16-27/h6-12,18,22-26H,13-17H2,1-5H3. The minimum Gasteiger partial charge on any atom is -0.321 e. The Kier molecular flexibility index (Phi) is 5.70. The summed E-state index contributed by atoms with van der Waals surface area (Å²) in [6.07, 6.45) is 8.71. The van der Waals surface area contributed by atoms with Crippen LogP contribution in [-0.2, 0) is 0 Å². The van der Waals surface area contributed by atoms with Crippen LogP contribution in [0.1, 0.15) is 31.4 Å². The molecular weight excluding hydrogens is 356 g/mol. The molecule has 1 N–H and O–H groups in total. The molecule has 2 aliphatic carbocycles. The highest BCUT2D eigenvalue weighted by atomic mass is 28.3. The number of nitrogens with one attached hydrogen (secondary N) is 1. The van der Waals surface area contributed by atoms with Crippen molar-refractivity contribution < 1.29 is 0 Å². The Balaban J connectivity index is 1.67. The van der Waals surface area contributed by atoms with Crippen LogP contribution in [0, 0.1) is 30.6 Å². The SMILES string of the molecule is Cc1ccc(C2=CC=CC3C2CC(C(C)C)C3[Si](C)(C)N2CCNCC2)cc1. The van der Waals surface area contributed by atoms with Crippen LogP contribution in [0.2, 0.25) is 18.6 Å². The number of piperazine rings is 1. The van der Waals surface area contributed by atoms with Crippen molar-refractivity contribution in [3.8, 4) is 0 Å². The van der Waals surface area contributed by atoms with Crippen molar-refractivity contribution in [1.29, 1.82) is 0 Å². The van der Waals surface area contributed by atoms with Crippen LogP contribution in [0.5, 0.6) is 0 Å². The molecule has 4 unspecified atom stereocenters. The quantitative estimate of drug-likeness (QED) is 0.694. The molecule has 1 aromatic rings. The Bertz CT molecular complexity index is 740. The van der Waals surface area contributed by atoms with E-state index >= 15 is 0 Å². The monoisotopic (exact) mass is 394 g/mol. The smallest absolute Gasteiger partial charge is 0.126 e. The number of nitrogens with zero attached hydrogens (tertiary/aromatic N) is 1. The Morgan fingerprint density at radius 2 is 1.75 bits per heavy atom. The Labute approximate surface area is 173 Å². The van der Waals surface area contributed by atoms with Gasteiger partial charge in [0.15, 0.2) is 0 Å². The van der Waals surface area contributed by atoms with Crippen LogP contribution >= 0.6 is 0 Å². The lowest BCUT2D eigenvalue weighted by Gasteiger charge is -2.48. The second-order valence-electron chi connectivity index (χ2n) is 10.1. The van der Waals surface area contributed by atoms with Gasteiger partial charge in [0.25, 0.3) is 0 Å². The molecular formula is C25H38N2Si. The summed E-state index contributed by atoms with van der Waals surface area (Å²) in [5, 5.41) is 3.56. The van der Waals surface area contributed by atoms with E-state index in [1.165, 1.54) is 30.6 Å². The van der Waals surface area contributed by atoms with E-state index in [4.69, 9.17) is 0 Å².